The molecule has 1 aliphatic rings. The molecule has 1 saturated heterocycles. The molecular formula is C20H25ClN2O6. The third-order valence-corrected chi connectivity index (χ3v) is 4.67. The summed E-state index contributed by atoms with van der Waals surface area (Å²) in [6.07, 6.45) is -0.376. The van der Waals surface area contributed by atoms with Crippen molar-refractivity contribution < 1.29 is 28.7 Å². The number of rotatable bonds is 8. The minimum absolute atomic E-state index is 0.0201. The molecule has 2 rings (SSSR count). The summed E-state index contributed by atoms with van der Waals surface area (Å²) in [5.41, 5.74) is 0.724. The molecule has 2 unspecified atom stereocenters. The molecule has 0 bridgehead atoms. The fourth-order valence-electron chi connectivity index (χ4n) is 2.85. The first-order valence-corrected chi connectivity index (χ1v) is 9.71. The molecule has 0 aliphatic carbocycles. The highest BCUT2D eigenvalue weighted by Crippen LogP contribution is 2.19. The van der Waals surface area contributed by atoms with E-state index in [-0.39, 0.29) is 43.4 Å². The van der Waals surface area contributed by atoms with Gasteiger partial charge in [-0.05, 0) is 31.0 Å². The summed E-state index contributed by atoms with van der Waals surface area (Å²) < 4.78 is 10.0. The molecule has 1 aliphatic heterocycles. The first-order chi connectivity index (χ1) is 13.7. The molecule has 158 valence electrons. The zero-order chi connectivity index (χ0) is 21.6. The molecule has 1 fully saturated rings. The van der Waals surface area contributed by atoms with Crippen LogP contribution in [0, 0.1) is 5.92 Å². The van der Waals surface area contributed by atoms with Gasteiger partial charge in [-0.3, -0.25) is 14.4 Å². The maximum absolute atomic E-state index is 12.5. The van der Waals surface area contributed by atoms with E-state index in [1.807, 2.05) is 0 Å². The maximum Gasteiger partial charge on any atom is 0.408 e. The second-order valence-corrected chi connectivity index (χ2v) is 7.69. The summed E-state index contributed by atoms with van der Waals surface area (Å²) in [6.45, 7) is 4.58. The smallest absolute Gasteiger partial charge is 0.408 e. The third-order valence-electron chi connectivity index (χ3n) is 4.43. The number of carbonyl (C=O) groups is 4. The van der Waals surface area contributed by atoms with E-state index in [1.165, 1.54) is 4.90 Å². The van der Waals surface area contributed by atoms with E-state index >= 15 is 0 Å². The molecular weight excluding hydrogens is 400 g/mol. The Labute approximate surface area is 174 Å². The highest BCUT2D eigenvalue weighted by molar-refractivity contribution is 6.30. The number of carbonyl (C=O) groups excluding carboxylic acids is 4. The predicted molar refractivity (Wildman–Crippen MR) is 105 cm³/mol. The van der Waals surface area contributed by atoms with E-state index in [1.54, 1.807) is 45.0 Å². The van der Waals surface area contributed by atoms with Gasteiger partial charge in [0.2, 0.25) is 5.91 Å². The van der Waals surface area contributed by atoms with Gasteiger partial charge in [0.25, 0.3) is 0 Å². The van der Waals surface area contributed by atoms with E-state index in [4.69, 9.17) is 21.1 Å². The Morgan fingerprint density at radius 3 is 2.66 bits per heavy atom. The van der Waals surface area contributed by atoms with E-state index in [0.29, 0.717) is 11.4 Å². The van der Waals surface area contributed by atoms with Gasteiger partial charge >= 0.3 is 12.1 Å². The summed E-state index contributed by atoms with van der Waals surface area (Å²) in [5.74, 6) is -1.56. The van der Waals surface area contributed by atoms with Crippen LogP contribution in [0.3, 0.4) is 0 Å². The molecule has 2 atom stereocenters. The first kappa shape index (κ1) is 22.7. The van der Waals surface area contributed by atoms with Crippen molar-refractivity contribution in [1.29, 1.82) is 0 Å². The number of likely N-dealkylation sites (tertiary alicyclic amines) is 1. The van der Waals surface area contributed by atoms with Crippen LogP contribution in [0.25, 0.3) is 0 Å². The van der Waals surface area contributed by atoms with Crippen LogP contribution in [0.1, 0.15) is 32.8 Å². The molecule has 0 spiro atoms. The van der Waals surface area contributed by atoms with Gasteiger partial charge in [0.05, 0.1) is 12.5 Å². The zero-order valence-corrected chi connectivity index (χ0v) is 17.4. The van der Waals surface area contributed by atoms with Gasteiger partial charge in [-0.2, -0.15) is 0 Å². The molecule has 9 heteroatoms. The van der Waals surface area contributed by atoms with E-state index in [2.05, 4.69) is 5.32 Å². The summed E-state index contributed by atoms with van der Waals surface area (Å²) in [7, 11) is 0. The van der Waals surface area contributed by atoms with Crippen LogP contribution in [0.5, 0.6) is 0 Å². The Kier molecular flexibility index (Phi) is 8.01. The number of nitrogens with one attached hydrogen (secondary N) is 1. The first-order valence-electron chi connectivity index (χ1n) is 9.34. The highest BCUT2D eigenvalue weighted by Gasteiger charge is 2.39. The average molecular weight is 425 g/mol. The van der Waals surface area contributed by atoms with Gasteiger partial charge in [-0.15, -0.1) is 0 Å². The van der Waals surface area contributed by atoms with Crippen molar-refractivity contribution in [3.8, 4) is 0 Å². The van der Waals surface area contributed by atoms with Crippen molar-refractivity contribution in [2.45, 2.75) is 45.9 Å². The lowest BCUT2D eigenvalue weighted by Gasteiger charge is -2.20. The van der Waals surface area contributed by atoms with E-state index in [9.17, 15) is 19.2 Å². The van der Waals surface area contributed by atoms with Crippen molar-refractivity contribution in [3.05, 3.63) is 34.9 Å². The van der Waals surface area contributed by atoms with Crippen molar-refractivity contribution in [2.24, 2.45) is 5.92 Å². The SMILES string of the molecule is CC(C)C(=O)OCC(=O)CN1C(=O)C(NC(=O)OCc2cccc(Cl)c2)CC1C. The number of hydrogen-bond acceptors (Lipinski definition) is 6. The topological polar surface area (TPSA) is 102 Å². The number of halogens is 1. The largest absolute Gasteiger partial charge is 0.457 e. The number of ether oxygens (including phenoxy) is 2. The molecule has 0 radical (unpaired) electrons. The fraction of sp³-hybridized carbons (Fsp3) is 0.500. The van der Waals surface area contributed by atoms with Crippen LogP contribution < -0.4 is 5.32 Å². The van der Waals surface area contributed by atoms with Crippen LogP contribution in [0.2, 0.25) is 5.02 Å². The number of esters is 1. The normalized spacial score (nSPS) is 18.7. The Morgan fingerprint density at radius 1 is 1.28 bits per heavy atom. The van der Waals surface area contributed by atoms with Gasteiger partial charge in [-0.25, -0.2) is 4.79 Å². The quantitative estimate of drug-likeness (QED) is 0.642. The van der Waals surface area contributed by atoms with Crippen molar-refractivity contribution >= 4 is 35.4 Å². The zero-order valence-electron chi connectivity index (χ0n) is 16.6. The van der Waals surface area contributed by atoms with E-state index < -0.39 is 18.1 Å². The summed E-state index contributed by atoms with van der Waals surface area (Å²) in [6, 6.07) is 5.88. The van der Waals surface area contributed by atoms with Crippen LogP contribution in [-0.4, -0.2) is 53.9 Å². The van der Waals surface area contributed by atoms with Gasteiger partial charge in [-0.1, -0.05) is 37.6 Å². The molecule has 8 nitrogen and oxygen atoms in total. The Balaban J connectivity index is 1.81. The van der Waals surface area contributed by atoms with Crippen LogP contribution in [0.15, 0.2) is 24.3 Å². The monoisotopic (exact) mass is 424 g/mol. The van der Waals surface area contributed by atoms with Gasteiger partial charge in [0.1, 0.15) is 12.6 Å². The molecule has 2 amide bonds. The Bertz CT molecular complexity index is 782. The van der Waals surface area contributed by atoms with Crippen molar-refractivity contribution in [3.63, 3.8) is 0 Å². The molecule has 1 N–H and O–H groups in total. The van der Waals surface area contributed by atoms with Crippen LogP contribution >= 0.6 is 11.6 Å². The fourth-order valence-corrected chi connectivity index (χ4v) is 3.07. The Hall–Kier alpha value is -2.61. The number of alkyl carbamates (subject to hydrolysis) is 1. The molecule has 0 aromatic heterocycles. The summed E-state index contributed by atoms with van der Waals surface area (Å²) in [5, 5.41) is 3.06. The van der Waals surface area contributed by atoms with Crippen molar-refractivity contribution in [2.75, 3.05) is 13.2 Å². The van der Waals surface area contributed by atoms with E-state index in [0.717, 1.165) is 5.56 Å². The van der Waals surface area contributed by atoms with Crippen LogP contribution in [-0.2, 0) is 30.5 Å². The van der Waals surface area contributed by atoms with Crippen LogP contribution in [0.4, 0.5) is 4.79 Å². The van der Waals surface area contributed by atoms with Crippen molar-refractivity contribution in [1.82, 2.24) is 10.2 Å². The molecule has 1 aromatic rings. The number of amides is 2. The maximum atomic E-state index is 12.5. The Morgan fingerprint density at radius 2 is 2.00 bits per heavy atom. The van der Waals surface area contributed by atoms with Gasteiger partial charge < -0.3 is 19.7 Å². The lowest BCUT2D eigenvalue weighted by atomic mass is 10.2. The number of benzene rings is 1. The number of hydrogen-bond donors (Lipinski definition) is 1. The van der Waals surface area contributed by atoms with Gasteiger partial charge in [0, 0.05) is 11.1 Å². The highest BCUT2D eigenvalue weighted by atomic mass is 35.5. The summed E-state index contributed by atoms with van der Waals surface area (Å²) >= 11 is 5.88. The van der Waals surface area contributed by atoms with Gasteiger partial charge in [0.15, 0.2) is 12.4 Å². The molecule has 1 aromatic carbocycles. The molecule has 29 heavy (non-hydrogen) atoms. The predicted octanol–water partition coefficient (Wildman–Crippen LogP) is 2.32. The minimum atomic E-state index is -0.775. The lowest BCUT2D eigenvalue weighted by molar-refractivity contribution is -0.151. The minimum Gasteiger partial charge on any atom is -0.457 e. The third kappa shape index (κ3) is 6.74. The number of Topliss-reactive ketones (excluding diaryl/α,β-unsaturated/α-hetero) is 1. The molecule has 1 heterocycles. The average Bonchev–Trinajstić information content (AvgIpc) is 2.91. The standard InChI is InChI=1S/C20H25ClN2O6/c1-12(2)19(26)28-11-16(24)9-23-13(3)7-17(18(23)25)22-20(27)29-10-14-5-4-6-15(21)8-14/h4-6,8,12-13,17H,7,9-11H2,1-3H3,(H,22,27). The summed E-state index contributed by atoms with van der Waals surface area (Å²) in [4.78, 5) is 49.4. The molecule has 0 saturated carbocycles. The number of nitrogens with zero attached hydrogens (tertiary/aromatic N) is 1. The lowest BCUT2D eigenvalue weighted by Crippen LogP contribution is -2.44. The number of ketones is 1. The second-order valence-electron chi connectivity index (χ2n) is 7.25. The second kappa shape index (κ2) is 10.2.